The van der Waals surface area contributed by atoms with Crippen LogP contribution in [0.25, 0.3) is 0 Å². The third-order valence-electron chi connectivity index (χ3n) is 3.72. The molecule has 2 nitrogen and oxygen atoms in total. The van der Waals surface area contributed by atoms with Crippen LogP contribution >= 0.6 is 11.3 Å². The summed E-state index contributed by atoms with van der Waals surface area (Å²) in [6.07, 6.45) is 7.08. The van der Waals surface area contributed by atoms with Gasteiger partial charge in [0.2, 0.25) is 0 Å². The van der Waals surface area contributed by atoms with Crippen LogP contribution in [0.3, 0.4) is 0 Å². The van der Waals surface area contributed by atoms with Gasteiger partial charge in [0.1, 0.15) is 6.10 Å². The first-order chi connectivity index (χ1) is 9.24. The predicted octanol–water partition coefficient (Wildman–Crippen LogP) is 4.92. The van der Waals surface area contributed by atoms with Crippen molar-refractivity contribution in [2.24, 2.45) is 0 Å². The monoisotopic (exact) mass is 310 g/mol. The lowest BCUT2D eigenvalue weighted by atomic mass is 10.2. The second kappa shape index (κ2) is 7.36. The molecule has 1 rings (SSSR count). The van der Waals surface area contributed by atoms with Gasteiger partial charge in [-0.2, -0.15) is 0 Å². The van der Waals surface area contributed by atoms with Crippen LogP contribution in [0.4, 0.5) is 0 Å². The van der Waals surface area contributed by atoms with Crippen molar-refractivity contribution in [1.82, 2.24) is 0 Å². The molecule has 20 heavy (non-hydrogen) atoms. The molecule has 0 saturated heterocycles. The van der Waals surface area contributed by atoms with Gasteiger partial charge in [0, 0.05) is 4.88 Å². The highest BCUT2D eigenvalue weighted by Crippen LogP contribution is 2.36. The first-order valence-electron chi connectivity index (χ1n) is 6.93. The highest BCUT2D eigenvalue weighted by molar-refractivity contribution is 7.10. The Labute approximate surface area is 127 Å². The van der Waals surface area contributed by atoms with Crippen molar-refractivity contribution in [1.29, 1.82) is 0 Å². The van der Waals surface area contributed by atoms with Gasteiger partial charge in [-0.05, 0) is 29.6 Å². The molecule has 0 radical (unpaired) electrons. The fraction of sp³-hybridized carbons (Fsp3) is 0.500. The number of aliphatic hydroxyl groups excluding tert-OH is 1. The Morgan fingerprint density at radius 2 is 2.05 bits per heavy atom. The molecule has 0 bridgehead atoms. The topological polar surface area (TPSA) is 29.5 Å². The molecule has 1 heterocycles. The molecule has 0 aliphatic heterocycles. The summed E-state index contributed by atoms with van der Waals surface area (Å²) in [6, 6.07) is 3.88. The molecule has 1 aromatic heterocycles. The van der Waals surface area contributed by atoms with E-state index in [0.717, 1.165) is 4.88 Å². The van der Waals surface area contributed by atoms with Crippen LogP contribution in [0.15, 0.2) is 41.8 Å². The van der Waals surface area contributed by atoms with Crippen LogP contribution in [0, 0.1) is 0 Å². The average Bonchev–Trinajstić information content (AvgIpc) is 2.85. The maximum Gasteiger partial charge on any atom is 0.192 e. The van der Waals surface area contributed by atoms with Gasteiger partial charge in [0.15, 0.2) is 8.32 Å². The van der Waals surface area contributed by atoms with Gasteiger partial charge in [-0.15, -0.1) is 11.3 Å². The Morgan fingerprint density at radius 1 is 1.35 bits per heavy atom. The standard InChI is InChI=1S/C16H26O2SSi/c1-16(2,3)20(4,5)18-12-8-6-7-10-14(17)15-11-9-13-19-15/h6-11,13-14,17H,12H2,1-5H3/b8-6+,10-7-. The molecule has 0 aliphatic rings. The van der Waals surface area contributed by atoms with Crippen molar-refractivity contribution in [3.8, 4) is 0 Å². The van der Waals surface area contributed by atoms with E-state index in [0.29, 0.717) is 6.61 Å². The molecular weight excluding hydrogens is 284 g/mol. The van der Waals surface area contributed by atoms with E-state index in [9.17, 15) is 5.11 Å². The highest BCUT2D eigenvalue weighted by atomic mass is 32.1. The molecule has 0 aromatic carbocycles. The van der Waals surface area contributed by atoms with Crippen molar-refractivity contribution < 1.29 is 9.53 Å². The van der Waals surface area contributed by atoms with Gasteiger partial charge < -0.3 is 9.53 Å². The van der Waals surface area contributed by atoms with E-state index in [1.165, 1.54) is 0 Å². The first kappa shape index (κ1) is 17.4. The minimum absolute atomic E-state index is 0.242. The molecule has 4 heteroatoms. The van der Waals surface area contributed by atoms with E-state index in [2.05, 4.69) is 33.9 Å². The van der Waals surface area contributed by atoms with Gasteiger partial charge in [-0.25, -0.2) is 0 Å². The third-order valence-corrected chi connectivity index (χ3v) is 9.17. The van der Waals surface area contributed by atoms with Crippen LogP contribution in [0.5, 0.6) is 0 Å². The molecule has 1 N–H and O–H groups in total. The summed E-state index contributed by atoms with van der Waals surface area (Å²) in [5, 5.41) is 12.1. The number of allylic oxidation sites excluding steroid dienone is 2. The SMILES string of the molecule is CC(C)(C)[Si](C)(C)OC/C=C/C=C\C(O)c1cccs1. The van der Waals surface area contributed by atoms with E-state index >= 15 is 0 Å². The second-order valence-electron chi connectivity index (χ2n) is 6.34. The van der Waals surface area contributed by atoms with Gasteiger partial charge in [-0.3, -0.25) is 0 Å². The largest absolute Gasteiger partial charge is 0.413 e. The maximum absolute atomic E-state index is 9.87. The molecule has 0 amide bonds. The summed E-state index contributed by atoms with van der Waals surface area (Å²) in [5.41, 5.74) is 0. The molecule has 0 saturated carbocycles. The lowest BCUT2D eigenvalue weighted by Crippen LogP contribution is -2.40. The number of aliphatic hydroxyl groups is 1. The zero-order chi connectivity index (χ0) is 15.2. The van der Waals surface area contributed by atoms with Gasteiger partial charge in [0.25, 0.3) is 0 Å². The number of hydrogen-bond donors (Lipinski definition) is 1. The smallest absolute Gasteiger partial charge is 0.192 e. The summed E-state index contributed by atoms with van der Waals surface area (Å²) in [5.74, 6) is 0. The minimum Gasteiger partial charge on any atom is -0.413 e. The minimum atomic E-state index is -1.65. The van der Waals surface area contributed by atoms with Crippen molar-refractivity contribution in [2.75, 3.05) is 6.61 Å². The van der Waals surface area contributed by atoms with Gasteiger partial charge >= 0.3 is 0 Å². The number of rotatable bonds is 6. The highest BCUT2D eigenvalue weighted by Gasteiger charge is 2.36. The Bertz CT molecular complexity index is 442. The Morgan fingerprint density at radius 3 is 2.60 bits per heavy atom. The van der Waals surface area contributed by atoms with Crippen molar-refractivity contribution in [2.45, 2.75) is 45.0 Å². The summed E-state index contributed by atoms with van der Waals surface area (Å²) < 4.78 is 6.03. The first-order valence-corrected chi connectivity index (χ1v) is 10.7. The van der Waals surface area contributed by atoms with E-state index in [4.69, 9.17) is 4.43 Å². The Hall–Kier alpha value is -0.683. The quantitative estimate of drug-likeness (QED) is 0.597. The summed E-state index contributed by atoms with van der Waals surface area (Å²) in [7, 11) is -1.65. The van der Waals surface area contributed by atoms with E-state index in [-0.39, 0.29) is 5.04 Å². The lowest BCUT2D eigenvalue weighted by Gasteiger charge is -2.35. The zero-order valence-electron chi connectivity index (χ0n) is 13.1. The van der Waals surface area contributed by atoms with Gasteiger partial charge in [0.05, 0.1) is 6.61 Å². The lowest BCUT2D eigenvalue weighted by molar-refractivity contribution is 0.232. The summed E-state index contributed by atoms with van der Waals surface area (Å²) in [6.45, 7) is 11.8. The third kappa shape index (κ3) is 5.36. The molecule has 112 valence electrons. The predicted molar refractivity (Wildman–Crippen MR) is 90.7 cm³/mol. The number of hydrogen-bond acceptors (Lipinski definition) is 3. The average molecular weight is 311 g/mol. The summed E-state index contributed by atoms with van der Waals surface area (Å²) in [4.78, 5) is 0.965. The van der Waals surface area contributed by atoms with Crippen LogP contribution < -0.4 is 0 Å². The number of thiophene rings is 1. The van der Waals surface area contributed by atoms with Crippen LogP contribution in [-0.2, 0) is 4.43 Å². The zero-order valence-corrected chi connectivity index (χ0v) is 14.9. The van der Waals surface area contributed by atoms with Crippen molar-refractivity contribution in [3.05, 3.63) is 46.7 Å². The van der Waals surface area contributed by atoms with Crippen LogP contribution in [-0.4, -0.2) is 20.0 Å². The molecule has 1 aromatic rings. The molecule has 1 unspecified atom stereocenters. The fourth-order valence-corrected chi connectivity index (χ4v) is 2.97. The normalized spacial score (nSPS) is 15.3. The molecule has 0 fully saturated rings. The molecule has 1 atom stereocenters. The fourth-order valence-electron chi connectivity index (χ4n) is 1.33. The van der Waals surface area contributed by atoms with E-state index < -0.39 is 14.4 Å². The Balaban J connectivity index is 2.36. The van der Waals surface area contributed by atoms with Crippen molar-refractivity contribution >= 4 is 19.7 Å². The Kier molecular flexibility index (Phi) is 6.39. The van der Waals surface area contributed by atoms with Crippen molar-refractivity contribution in [3.63, 3.8) is 0 Å². The molecule has 0 aliphatic carbocycles. The van der Waals surface area contributed by atoms with Crippen LogP contribution in [0.1, 0.15) is 31.8 Å². The molecular formula is C16H26O2SSi. The van der Waals surface area contributed by atoms with Gasteiger partial charge in [-0.1, -0.05) is 51.1 Å². The second-order valence-corrected chi connectivity index (χ2v) is 12.1. The van der Waals surface area contributed by atoms with E-state index in [1.807, 2.05) is 35.7 Å². The maximum atomic E-state index is 9.87. The van der Waals surface area contributed by atoms with Crippen LogP contribution in [0.2, 0.25) is 18.1 Å². The summed E-state index contributed by atoms with van der Waals surface area (Å²) >= 11 is 1.56. The van der Waals surface area contributed by atoms with E-state index in [1.54, 1.807) is 17.4 Å². The molecule has 0 spiro atoms.